The monoisotopic (exact) mass is 259 g/mol. The molecule has 1 saturated carbocycles. The van der Waals surface area contributed by atoms with Gasteiger partial charge in [0.2, 0.25) is 0 Å². The quantitative estimate of drug-likeness (QED) is 0.655. The highest BCUT2D eigenvalue weighted by molar-refractivity contribution is 6.62. The third-order valence-electron chi connectivity index (χ3n) is 4.57. The van der Waals surface area contributed by atoms with E-state index in [0.29, 0.717) is 5.92 Å². The van der Waals surface area contributed by atoms with Gasteiger partial charge in [0.15, 0.2) is 0 Å². The third-order valence-corrected chi connectivity index (χ3v) is 4.57. The van der Waals surface area contributed by atoms with Crippen molar-refractivity contribution in [3.8, 4) is 0 Å². The topological polar surface area (TPSA) is 44.5 Å². The van der Waals surface area contributed by atoms with Gasteiger partial charge in [0.25, 0.3) is 0 Å². The summed E-state index contributed by atoms with van der Waals surface area (Å²) in [4.78, 5) is 0. The molecule has 4 heteroatoms. The van der Waals surface area contributed by atoms with E-state index in [1.165, 1.54) is 18.4 Å². The molecule has 19 heavy (non-hydrogen) atoms. The minimum absolute atomic E-state index is 0.304. The molecule has 1 aromatic rings. The van der Waals surface area contributed by atoms with Gasteiger partial charge >= 0.3 is 7.12 Å². The molecule has 102 valence electrons. The highest BCUT2D eigenvalue weighted by atomic mass is 16.7. The van der Waals surface area contributed by atoms with Gasteiger partial charge in [-0.25, -0.2) is 0 Å². The highest BCUT2D eigenvalue weighted by Crippen LogP contribution is 2.41. The van der Waals surface area contributed by atoms with Crippen molar-refractivity contribution >= 4 is 18.3 Å². The van der Waals surface area contributed by atoms with Crippen molar-refractivity contribution in [2.45, 2.75) is 57.7 Å². The van der Waals surface area contributed by atoms with Gasteiger partial charge in [-0.1, -0.05) is 6.07 Å². The zero-order valence-electron chi connectivity index (χ0n) is 12.2. The van der Waals surface area contributed by atoms with Gasteiger partial charge in [0.1, 0.15) is 0 Å². The van der Waals surface area contributed by atoms with Crippen molar-refractivity contribution in [3.05, 3.63) is 23.8 Å². The number of nitrogens with two attached hydrogens (primary N) is 1. The SMILES string of the molecule is CC1(C)OB(c2cc(N)cc(C3CC3)c2)OC1(C)C. The van der Waals surface area contributed by atoms with E-state index >= 15 is 0 Å². The fourth-order valence-corrected chi connectivity index (χ4v) is 2.47. The number of benzene rings is 1. The summed E-state index contributed by atoms with van der Waals surface area (Å²) >= 11 is 0. The Morgan fingerprint density at radius 2 is 1.63 bits per heavy atom. The lowest BCUT2D eigenvalue weighted by atomic mass is 9.77. The lowest BCUT2D eigenvalue weighted by Crippen LogP contribution is -2.41. The smallest absolute Gasteiger partial charge is 0.399 e. The molecule has 1 heterocycles. The Morgan fingerprint density at radius 1 is 1.05 bits per heavy atom. The molecule has 1 aromatic carbocycles. The molecule has 0 unspecified atom stereocenters. The predicted octanol–water partition coefficient (Wildman–Crippen LogP) is 2.45. The lowest BCUT2D eigenvalue weighted by Gasteiger charge is -2.32. The van der Waals surface area contributed by atoms with E-state index in [1.54, 1.807) is 0 Å². The molecule has 0 spiro atoms. The predicted molar refractivity (Wildman–Crippen MR) is 78.5 cm³/mol. The van der Waals surface area contributed by atoms with Gasteiger partial charge in [-0.05, 0) is 69.6 Å². The molecular formula is C15H22BNO2. The van der Waals surface area contributed by atoms with Gasteiger partial charge in [0.05, 0.1) is 11.2 Å². The van der Waals surface area contributed by atoms with E-state index in [9.17, 15) is 0 Å². The zero-order valence-corrected chi connectivity index (χ0v) is 12.2. The number of anilines is 1. The molecule has 3 rings (SSSR count). The first kappa shape index (κ1) is 13.0. The molecule has 0 atom stereocenters. The maximum Gasteiger partial charge on any atom is 0.494 e. The van der Waals surface area contributed by atoms with Gasteiger partial charge in [-0.3, -0.25) is 0 Å². The fraction of sp³-hybridized carbons (Fsp3) is 0.600. The Hall–Kier alpha value is -0.995. The van der Waals surface area contributed by atoms with Crippen LogP contribution < -0.4 is 11.2 Å². The fourth-order valence-electron chi connectivity index (χ4n) is 2.47. The van der Waals surface area contributed by atoms with Gasteiger partial charge in [-0.2, -0.15) is 0 Å². The summed E-state index contributed by atoms with van der Waals surface area (Å²) in [6.45, 7) is 8.28. The van der Waals surface area contributed by atoms with Crippen molar-refractivity contribution in [1.29, 1.82) is 0 Å². The van der Waals surface area contributed by atoms with E-state index in [1.807, 2.05) is 6.07 Å². The molecule has 0 bridgehead atoms. The standard InChI is InChI=1S/C15H22BNO2/c1-14(2)15(3,4)19-16(18-14)12-7-11(10-5-6-10)8-13(17)9-12/h7-10H,5-6,17H2,1-4H3. The lowest BCUT2D eigenvalue weighted by molar-refractivity contribution is 0.00578. The van der Waals surface area contributed by atoms with E-state index in [2.05, 4.69) is 39.8 Å². The molecule has 2 aliphatic rings. The van der Waals surface area contributed by atoms with Crippen molar-refractivity contribution in [1.82, 2.24) is 0 Å². The summed E-state index contributed by atoms with van der Waals surface area (Å²) in [6.07, 6.45) is 2.54. The maximum atomic E-state index is 6.08. The Kier molecular flexibility index (Phi) is 2.74. The average molecular weight is 259 g/mol. The Bertz CT molecular complexity index is 493. The van der Waals surface area contributed by atoms with Crippen molar-refractivity contribution in [3.63, 3.8) is 0 Å². The normalized spacial score (nSPS) is 24.7. The Labute approximate surface area is 115 Å². The first-order valence-electron chi connectivity index (χ1n) is 7.04. The number of rotatable bonds is 2. The molecule has 1 aliphatic carbocycles. The summed E-state index contributed by atoms with van der Waals surface area (Å²) in [6, 6.07) is 6.23. The largest absolute Gasteiger partial charge is 0.494 e. The number of hydrogen-bond donors (Lipinski definition) is 1. The second-order valence-electron chi connectivity index (χ2n) is 6.80. The Morgan fingerprint density at radius 3 is 2.16 bits per heavy atom. The Balaban J connectivity index is 1.91. The average Bonchev–Trinajstić information content (AvgIpc) is 3.06. The highest BCUT2D eigenvalue weighted by Gasteiger charge is 2.51. The number of hydrogen-bond acceptors (Lipinski definition) is 3. The second-order valence-corrected chi connectivity index (χ2v) is 6.80. The molecular weight excluding hydrogens is 237 g/mol. The molecule has 0 amide bonds. The van der Waals surface area contributed by atoms with Crippen molar-refractivity contribution in [2.75, 3.05) is 5.73 Å². The van der Waals surface area contributed by atoms with Crippen LogP contribution in [0.1, 0.15) is 52.0 Å². The van der Waals surface area contributed by atoms with Crippen LogP contribution in [0.25, 0.3) is 0 Å². The van der Waals surface area contributed by atoms with Crippen molar-refractivity contribution < 1.29 is 9.31 Å². The van der Waals surface area contributed by atoms with E-state index < -0.39 is 0 Å². The van der Waals surface area contributed by atoms with E-state index in [0.717, 1.165) is 11.2 Å². The van der Waals surface area contributed by atoms with Crippen LogP contribution >= 0.6 is 0 Å². The minimum atomic E-state index is -0.314. The molecule has 0 radical (unpaired) electrons. The van der Waals surface area contributed by atoms with E-state index in [-0.39, 0.29) is 18.3 Å². The summed E-state index contributed by atoms with van der Waals surface area (Å²) in [5.74, 6) is 0.685. The first-order valence-corrected chi connectivity index (χ1v) is 7.04. The van der Waals surface area contributed by atoms with Crippen LogP contribution in [0.3, 0.4) is 0 Å². The van der Waals surface area contributed by atoms with Crippen LogP contribution in [0.5, 0.6) is 0 Å². The third kappa shape index (κ3) is 2.28. The molecule has 2 fully saturated rings. The van der Waals surface area contributed by atoms with Crippen LogP contribution in [0, 0.1) is 0 Å². The van der Waals surface area contributed by atoms with Crippen molar-refractivity contribution in [2.24, 2.45) is 0 Å². The maximum absolute atomic E-state index is 6.08. The van der Waals surface area contributed by atoms with Crippen LogP contribution in [0.4, 0.5) is 5.69 Å². The number of nitrogen functional groups attached to an aromatic ring is 1. The molecule has 1 aliphatic heterocycles. The van der Waals surface area contributed by atoms with Crippen LogP contribution in [0.2, 0.25) is 0 Å². The van der Waals surface area contributed by atoms with Crippen LogP contribution in [0.15, 0.2) is 18.2 Å². The zero-order chi connectivity index (χ0) is 13.8. The van der Waals surface area contributed by atoms with Crippen LogP contribution in [-0.2, 0) is 9.31 Å². The van der Waals surface area contributed by atoms with Gasteiger partial charge in [-0.15, -0.1) is 0 Å². The van der Waals surface area contributed by atoms with Crippen LogP contribution in [-0.4, -0.2) is 18.3 Å². The molecule has 2 N–H and O–H groups in total. The second kappa shape index (κ2) is 4.00. The summed E-state index contributed by atoms with van der Waals surface area (Å²) < 4.78 is 12.2. The summed E-state index contributed by atoms with van der Waals surface area (Å²) in [7, 11) is -0.314. The minimum Gasteiger partial charge on any atom is -0.399 e. The molecule has 1 saturated heterocycles. The van der Waals surface area contributed by atoms with Gasteiger partial charge < -0.3 is 15.0 Å². The van der Waals surface area contributed by atoms with Gasteiger partial charge in [0, 0.05) is 5.69 Å². The van der Waals surface area contributed by atoms with E-state index in [4.69, 9.17) is 15.0 Å². The molecule has 3 nitrogen and oxygen atoms in total. The molecule has 0 aromatic heterocycles. The summed E-state index contributed by atoms with van der Waals surface area (Å²) in [5, 5.41) is 0. The summed E-state index contributed by atoms with van der Waals surface area (Å²) in [5.41, 5.74) is 8.58. The first-order chi connectivity index (χ1) is 8.78.